The van der Waals surface area contributed by atoms with Crippen molar-refractivity contribution in [3.05, 3.63) is 205 Å². The van der Waals surface area contributed by atoms with E-state index in [1.165, 1.54) is 98.5 Å². The monoisotopic (exact) mass is 754 g/mol. The van der Waals surface area contributed by atoms with Crippen LogP contribution in [0.5, 0.6) is 0 Å². The number of nitrogens with zero attached hydrogens (tertiary/aromatic N) is 2. The zero-order valence-electron chi connectivity index (χ0n) is 33.1. The van der Waals surface area contributed by atoms with E-state index in [2.05, 4.69) is 211 Å². The third-order valence-electron chi connectivity index (χ3n) is 11.8. The summed E-state index contributed by atoms with van der Waals surface area (Å²) in [6.07, 6.45) is 13.2. The standard InChI is InChI=1S/C57H42N2/c1-2-3-4-17-48-38-59(49-30-28-40-15-5-6-16-42(40)36-49)55-31-29-45(37-54(48)55)41-18-13-19-46(34-41)56-50-20-7-9-22-52(50)57(53-23-10-8-21-51(53)56)47-27-26-43-33-39(14-11-12-32-58)24-25-44(43)35-47/h2-10,13,15-31,33-38H,11-12,14H2,1H3/b3-2-,17-4-. The molecule has 59 heavy (non-hydrogen) atoms. The number of rotatable bonds is 9. The van der Waals surface area contributed by atoms with Crippen LogP contribution in [0, 0.1) is 11.3 Å². The third-order valence-corrected chi connectivity index (χ3v) is 11.8. The summed E-state index contributed by atoms with van der Waals surface area (Å²) in [5.41, 5.74) is 12.1. The molecule has 0 aliphatic carbocycles. The number of allylic oxidation sites excluding steroid dienone is 3. The molecule has 0 saturated carbocycles. The average molecular weight is 755 g/mol. The van der Waals surface area contributed by atoms with Crippen molar-refractivity contribution in [2.24, 2.45) is 0 Å². The van der Waals surface area contributed by atoms with Gasteiger partial charge >= 0.3 is 0 Å². The van der Waals surface area contributed by atoms with Crippen LogP contribution >= 0.6 is 0 Å². The molecule has 0 fully saturated rings. The van der Waals surface area contributed by atoms with Crippen LogP contribution in [0.1, 0.15) is 30.9 Å². The number of aromatic nitrogens is 1. The second-order valence-electron chi connectivity index (χ2n) is 15.4. The first-order valence-corrected chi connectivity index (χ1v) is 20.5. The van der Waals surface area contributed by atoms with Gasteiger partial charge in [-0.1, -0.05) is 158 Å². The largest absolute Gasteiger partial charge is 0.316 e. The van der Waals surface area contributed by atoms with Crippen LogP contribution in [0.3, 0.4) is 0 Å². The van der Waals surface area contributed by atoms with Crippen molar-refractivity contribution in [2.75, 3.05) is 0 Å². The van der Waals surface area contributed by atoms with E-state index < -0.39 is 0 Å². The zero-order valence-corrected chi connectivity index (χ0v) is 33.1. The minimum Gasteiger partial charge on any atom is -0.316 e. The lowest BCUT2D eigenvalue weighted by molar-refractivity contribution is 0.851. The molecule has 2 heteroatoms. The Balaban J connectivity index is 1.09. The van der Waals surface area contributed by atoms with E-state index in [9.17, 15) is 0 Å². The fourth-order valence-electron chi connectivity index (χ4n) is 8.96. The van der Waals surface area contributed by atoms with Crippen LogP contribution in [-0.2, 0) is 6.42 Å². The summed E-state index contributed by atoms with van der Waals surface area (Å²) in [5, 5.41) is 20.1. The van der Waals surface area contributed by atoms with Crippen LogP contribution in [0.4, 0.5) is 0 Å². The number of fused-ring (bicyclic) bond motifs is 5. The first-order chi connectivity index (χ1) is 29.2. The van der Waals surface area contributed by atoms with Gasteiger partial charge in [-0.15, -0.1) is 0 Å². The highest BCUT2D eigenvalue weighted by Crippen LogP contribution is 2.45. The number of benzene rings is 9. The van der Waals surface area contributed by atoms with Gasteiger partial charge in [0.1, 0.15) is 0 Å². The Labute approximate surface area is 345 Å². The molecule has 1 heterocycles. The average Bonchev–Trinajstić information content (AvgIpc) is 3.65. The molecule has 280 valence electrons. The highest BCUT2D eigenvalue weighted by atomic mass is 15.0. The lowest BCUT2D eigenvalue weighted by atomic mass is 9.85. The second kappa shape index (κ2) is 15.5. The van der Waals surface area contributed by atoms with Crippen molar-refractivity contribution in [1.82, 2.24) is 4.57 Å². The van der Waals surface area contributed by atoms with Gasteiger partial charge in [-0.05, 0) is 138 Å². The molecule has 0 radical (unpaired) electrons. The Bertz CT molecular complexity index is 3270. The molecule has 9 aromatic carbocycles. The van der Waals surface area contributed by atoms with Crippen molar-refractivity contribution in [3.8, 4) is 45.1 Å². The predicted molar refractivity (Wildman–Crippen MR) is 252 cm³/mol. The quantitative estimate of drug-likeness (QED) is 0.0819. The van der Waals surface area contributed by atoms with Gasteiger partial charge in [0, 0.05) is 29.3 Å². The van der Waals surface area contributed by atoms with Crippen molar-refractivity contribution in [3.63, 3.8) is 0 Å². The van der Waals surface area contributed by atoms with Crippen molar-refractivity contribution in [2.45, 2.75) is 26.2 Å². The van der Waals surface area contributed by atoms with E-state index in [0.29, 0.717) is 6.42 Å². The first kappa shape index (κ1) is 35.9. The Kier molecular flexibility index (Phi) is 9.41. The lowest BCUT2D eigenvalue weighted by Gasteiger charge is -2.18. The molecule has 0 N–H and O–H groups in total. The maximum Gasteiger partial charge on any atom is 0.0621 e. The van der Waals surface area contributed by atoms with Gasteiger partial charge in [0.25, 0.3) is 0 Å². The minimum atomic E-state index is 0.589. The second-order valence-corrected chi connectivity index (χ2v) is 15.4. The van der Waals surface area contributed by atoms with E-state index in [1.54, 1.807) is 0 Å². The van der Waals surface area contributed by atoms with E-state index in [1.807, 2.05) is 6.92 Å². The molecular formula is C57H42N2. The smallest absolute Gasteiger partial charge is 0.0621 e. The zero-order chi connectivity index (χ0) is 39.7. The van der Waals surface area contributed by atoms with Gasteiger partial charge in [-0.3, -0.25) is 0 Å². The topological polar surface area (TPSA) is 28.7 Å². The summed E-state index contributed by atoms with van der Waals surface area (Å²) < 4.78 is 2.32. The summed E-state index contributed by atoms with van der Waals surface area (Å²) >= 11 is 0. The Morgan fingerprint density at radius 3 is 1.86 bits per heavy atom. The van der Waals surface area contributed by atoms with Crippen LogP contribution in [0.15, 0.2) is 194 Å². The number of unbranched alkanes of at least 4 members (excludes halogenated alkanes) is 1. The number of hydrogen-bond acceptors (Lipinski definition) is 1. The summed E-state index contributed by atoms with van der Waals surface area (Å²) in [7, 11) is 0. The van der Waals surface area contributed by atoms with Crippen molar-refractivity contribution >= 4 is 60.1 Å². The highest BCUT2D eigenvalue weighted by molar-refractivity contribution is 6.22. The highest BCUT2D eigenvalue weighted by Gasteiger charge is 2.18. The van der Waals surface area contributed by atoms with E-state index in [-0.39, 0.29) is 0 Å². The van der Waals surface area contributed by atoms with Gasteiger partial charge in [0.05, 0.1) is 11.6 Å². The summed E-state index contributed by atoms with van der Waals surface area (Å²) in [6.45, 7) is 2.05. The summed E-state index contributed by atoms with van der Waals surface area (Å²) in [5.74, 6) is 0. The Morgan fingerprint density at radius 2 is 1.12 bits per heavy atom. The molecule has 10 rings (SSSR count). The SMILES string of the molecule is C/C=C\C=C/c1cn(-c2ccc3ccccc3c2)c2ccc(-c3cccc(-c4c5ccccc5c(-c5ccc6cc(CCCC#N)ccc6c5)c5ccccc45)c3)cc12. The molecular weight excluding hydrogens is 713 g/mol. The molecule has 0 spiro atoms. The maximum atomic E-state index is 9.01. The first-order valence-electron chi connectivity index (χ1n) is 20.5. The molecule has 10 aromatic rings. The molecule has 0 bridgehead atoms. The van der Waals surface area contributed by atoms with Crippen LogP contribution < -0.4 is 0 Å². The molecule has 1 aromatic heterocycles. The number of hydrogen-bond donors (Lipinski definition) is 0. The van der Waals surface area contributed by atoms with Crippen LogP contribution in [-0.4, -0.2) is 4.57 Å². The fraction of sp³-hybridized carbons (Fsp3) is 0.0702. The van der Waals surface area contributed by atoms with Gasteiger partial charge in [0.15, 0.2) is 0 Å². The van der Waals surface area contributed by atoms with E-state index in [0.717, 1.165) is 18.5 Å². The third kappa shape index (κ3) is 6.67. The summed E-state index contributed by atoms with van der Waals surface area (Å²) in [4.78, 5) is 0. The Hall–Kier alpha value is -7.47. The van der Waals surface area contributed by atoms with Gasteiger partial charge in [0.2, 0.25) is 0 Å². The van der Waals surface area contributed by atoms with Gasteiger partial charge in [-0.25, -0.2) is 0 Å². The van der Waals surface area contributed by atoms with Crippen LogP contribution in [0.25, 0.3) is 99.1 Å². The van der Waals surface area contributed by atoms with Crippen LogP contribution in [0.2, 0.25) is 0 Å². The summed E-state index contributed by atoms with van der Waals surface area (Å²) in [6, 6.07) is 64.9. The molecule has 0 saturated heterocycles. The number of aryl methyl sites for hydroxylation is 1. The number of nitriles is 1. The van der Waals surface area contributed by atoms with Crippen molar-refractivity contribution < 1.29 is 0 Å². The van der Waals surface area contributed by atoms with Gasteiger partial charge in [-0.2, -0.15) is 5.26 Å². The predicted octanol–water partition coefficient (Wildman–Crippen LogP) is 15.7. The molecule has 0 aliphatic heterocycles. The molecule has 0 atom stereocenters. The fourth-order valence-corrected chi connectivity index (χ4v) is 8.96. The van der Waals surface area contributed by atoms with E-state index in [4.69, 9.17) is 5.26 Å². The molecule has 0 unspecified atom stereocenters. The molecule has 0 amide bonds. The normalized spacial score (nSPS) is 11.9. The molecule has 2 nitrogen and oxygen atoms in total. The maximum absolute atomic E-state index is 9.01. The van der Waals surface area contributed by atoms with E-state index >= 15 is 0 Å². The lowest BCUT2D eigenvalue weighted by Crippen LogP contribution is -1.92. The van der Waals surface area contributed by atoms with Gasteiger partial charge < -0.3 is 4.57 Å². The minimum absolute atomic E-state index is 0.589. The molecule has 0 aliphatic rings. The van der Waals surface area contributed by atoms with Crippen molar-refractivity contribution in [1.29, 1.82) is 5.26 Å². The Morgan fingerprint density at radius 1 is 0.508 bits per heavy atom.